The maximum atomic E-state index is 14.0. The number of Topliss-reactive ketones (excluding diaryl/α,β-unsaturated/α-hetero) is 1. The molecule has 1 heterocycles. The number of hydrogen-bond acceptors (Lipinski definition) is 8. The van der Waals surface area contributed by atoms with Crippen molar-refractivity contribution >= 4 is 17.8 Å². The Morgan fingerprint density at radius 2 is 1.76 bits per heavy atom. The third-order valence-corrected chi connectivity index (χ3v) is 11.0. The van der Waals surface area contributed by atoms with Gasteiger partial charge in [-0.15, -0.1) is 0 Å². The van der Waals surface area contributed by atoms with E-state index < -0.39 is 46.2 Å². The molecule has 1 aromatic rings. The van der Waals surface area contributed by atoms with Crippen molar-refractivity contribution in [1.29, 1.82) is 0 Å². The molecule has 2 bridgehead atoms. The van der Waals surface area contributed by atoms with Gasteiger partial charge in [-0.25, -0.2) is 4.79 Å². The predicted octanol–water partition coefficient (Wildman–Crippen LogP) is 5.63. The molecule has 7 unspecified atom stereocenters. The van der Waals surface area contributed by atoms with Crippen LogP contribution in [0, 0.1) is 22.7 Å². The number of carbonyl (C=O) groups excluding carboxylic acids is 2. The third-order valence-electron chi connectivity index (χ3n) is 11.0. The number of ketones is 1. The summed E-state index contributed by atoms with van der Waals surface area (Å²) in [6.45, 7) is 14.2. The first kappa shape index (κ1) is 36.1. The molecular weight excluding hydrogens is 590 g/mol. The molecule has 3 N–H and O–H groups in total. The predicted molar refractivity (Wildman–Crippen MR) is 172 cm³/mol. The summed E-state index contributed by atoms with van der Waals surface area (Å²) < 4.78 is 22.7. The lowest BCUT2D eigenvalue weighted by Crippen LogP contribution is -2.68. The summed E-state index contributed by atoms with van der Waals surface area (Å²) >= 11 is 0. The molecule has 0 aromatic heterocycles. The first-order valence-electron chi connectivity index (χ1n) is 16.3. The lowest BCUT2D eigenvalue weighted by atomic mass is 9.47. The summed E-state index contributed by atoms with van der Waals surface area (Å²) in [6, 6.07) is 8.35. The van der Waals surface area contributed by atoms with E-state index >= 15 is 0 Å². The molecule has 10 heteroatoms. The summed E-state index contributed by atoms with van der Waals surface area (Å²) in [5, 5.41) is 23.4. The van der Waals surface area contributed by atoms with Gasteiger partial charge in [-0.1, -0.05) is 49.8 Å². The Kier molecular flexibility index (Phi) is 10.5. The Labute approximate surface area is 273 Å². The number of aliphatic carboxylic acids is 1. The van der Waals surface area contributed by atoms with Gasteiger partial charge in [-0.2, -0.15) is 0 Å². The summed E-state index contributed by atoms with van der Waals surface area (Å²) in [7, 11) is 3.30. The van der Waals surface area contributed by atoms with Gasteiger partial charge in [0.1, 0.15) is 11.7 Å². The molecule has 4 aliphatic rings. The molecule has 1 aliphatic heterocycles. The second-order valence-electron chi connectivity index (χ2n) is 15.1. The van der Waals surface area contributed by atoms with Crippen LogP contribution in [-0.2, 0) is 28.5 Å². The van der Waals surface area contributed by atoms with E-state index in [9.17, 15) is 19.5 Å². The maximum absolute atomic E-state index is 14.0. The first-order valence-corrected chi connectivity index (χ1v) is 16.3. The summed E-state index contributed by atoms with van der Waals surface area (Å²) in [4.78, 5) is 36.6. The van der Waals surface area contributed by atoms with Gasteiger partial charge in [0, 0.05) is 32.0 Å². The molecule has 0 spiro atoms. The Balaban J connectivity index is 0.000000224. The van der Waals surface area contributed by atoms with Crippen LogP contribution in [0.4, 0.5) is 4.79 Å². The highest BCUT2D eigenvalue weighted by Crippen LogP contribution is 2.61. The van der Waals surface area contributed by atoms with Gasteiger partial charge >= 0.3 is 12.1 Å². The quantitative estimate of drug-likeness (QED) is 0.337. The maximum Gasteiger partial charge on any atom is 0.408 e. The van der Waals surface area contributed by atoms with Crippen molar-refractivity contribution in [1.82, 2.24) is 5.32 Å². The average Bonchev–Trinajstić information content (AvgIpc) is 2.95. The molecule has 2 saturated carbocycles. The van der Waals surface area contributed by atoms with Crippen LogP contribution in [0.2, 0.25) is 0 Å². The van der Waals surface area contributed by atoms with Crippen LogP contribution < -0.4 is 5.32 Å². The number of hydrogen-bond donors (Lipinski definition) is 3. The van der Waals surface area contributed by atoms with Crippen molar-refractivity contribution in [2.24, 2.45) is 22.7 Å². The minimum atomic E-state index is -0.982. The van der Waals surface area contributed by atoms with Gasteiger partial charge < -0.3 is 34.5 Å². The molecule has 5 rings (SSSR count). The van der Waals surface area contributed by atoms with Crippen LogP contribution in [0.15, 0.2) is 41.5 Å². The van der Waals surface area contributed by atoms with Crippen LogP contribution in [0.3, 0.4) is 0 Å². The summed E-state index contributed by atoms with van der Waals surface area (Å²) in [6.07, 6.45) is 1.35. The van der Waals surface area contributed by atoms with Crippen molar-refractivity contribution in [2.45, 2.75) is 116 Å². The molecule has 8 atom stereocenters. The second kappa shape index (κ2) is 13.4. The molecule has 3 fully saturated rings. The molecule has 3 aliphatic carbocycles. The zero-order valence-electron chi connectivity index (χ0n) is 28.8. The molecule has 0 radical (unpaired) electrons. The lowest BCUT2D eigenvalue weighted by Gasteiger charge is -2.62. The number of methoxy groups -OCH3 is 2. The zero-order valence-corrected chi connectivity index (χ0v) is 28.8. The highest BCUT2D eigenvalue weighted by molar-refractivity contribution is 5.93. The van der Waals surface area contributed by atoms with Gasteiger partial charge in [0.2, 0.25) is 0 Å². The number of benzene rings is 1. The largest absolute Gasteiger partial charge is 0.481 e. The number of alkyl carbamates (subject to hydrolysis) is 1. The van der Waals surface area contributed by atoms with Gasteiger partial charge in [0.05, 0.1) is 42.3 Å². The molecule has 1 amide bonds. The molecule has 46 heavy (non-hydrogen) atoms. The number of nitrogens with one attached hydrogen (secondary N) is 1. The highest BCUT2D eigenvalue weighted by Gasteiger charge is 2.66. The Hall–Kier alpha value is -2.79. The number of ether oxygens (including phenoxy) is 4. The fourth-order valence-corrected chi connectivity index (χ4v) is 8.25. The molecule has 1 aromatic carbocycles. The van der Waals surface area contributed by atoms with Crippen LogP contribution in [-0.4, -0.2) is 78.4 Å². The Morgan fingerprint density at radius 1 is 1.11 bits per heavy atom. The SMILES string of the molecule is CC(C)(C)OC(=O)NC(CC(=O)O)c1ccccc1.COC1C(=O)[C@@]2(C)C(OC)CC3OCC3C2CC2(O)CCC(C)=C1C2(C)C. The first-order chi connectivity index (χ1) is 21.4. The number of carboxylic acid groups (broad SMARTS) is 1. The van der Waals surface area contributed by atoms with Crippen LogP contribution in [0.25, 0.3) is 0 Å². The van der Waals surface area contributed by atoms with E-state index in [2.05, 4.69) is 26.1 Å². The summed E-state index contributed by atoms with van der Waals surface area (Å²) in [5.74, 6) is -0.538. The van der Waals surface area contributed by atoms with Gasteiger partial charge in [0.25, 0.3) is 0 Å². The second-order valence-corrected chi connectivity index (χ2v) is 15.1. The van der Waals surface area contributed by atoms with Gasteiger partial charge in [-0.3, -0.25) is 9.59 Å². The molecule has 256 valence electrons. The standard InChI is InChI=1S/C22H34O5.C14H19NO4/c1-12-7-8-22(24)10-14-13-11-27-15(13)9-16(25-5)21(14,4)19(23)18(26-6)17(12)20(22,2)3;1-14(2,3)19-13(18)15-11(9-12(16)17)10-7-5-4-6-8-10/h13-16,18,24H,7-11H2,1-6H3;4-8,11H,9H2,1-3H3,(H,15,18)(H,16,17)/t13?,14?,15?,16?,18?,21-,22?;/m1./s1. The number of amides is 1. The third kappa shape index (κ3) is 6.77. The Morgan fingerprint density at radius 3 is 2.28 bits per heavy atom. The van der Waals surface area contributed by atoms with Gasteiger partial charge in [-0.05, 0) is 70.9 Å². The van der Waals surface area contributed by atoms with Crippen LogP contribution >= 0.6 is 0 Å². The average molecular weight is 644 g/mol. The van der Waals surface area contributed by atoms with E-state index in [1.807, 2.05) is 13.0 Å². The van der Waals surface area contributed by atoms with E-state index in [1.165, 1.54) is 5.57 Å². The molecular formula is C36H53NO9. The van der Waals surface area contributed by atoms with Crippen LogP contribution in [0.5, 0.6) is 0 Å². The highest BCUT2D eigenvalue weighted by atomic mass is 16.6. The van der Waals surface area contributed by atoms with Crippen molar-refractivity contribution in [3.05, 3.63) is 47.0 Å². The summed E-state index contributed by atoms with van der Waals surface area (Å²) in [5.41, 5.74) is 0.221. The molecule has 10 nitrogen and oxygen atoms in total. The monoisotopic (exact) mass is 643 g/mol. The molecule has 1 saturated heterocycles. The number of rotatable bonds is 6. The van der Waals surface area contributed by atoms with Crippen LogP contribution in [0.1, 0.15) is 92.2 Å². The van der Waals surface area contributed by atoms with E-state index in [-0.39, 0.29) is 30.3 Å². The van der Waals surface area contributed by atoms with Crippen molar-refractivity contribution in [2.75, 3.05) is 20.8 Å². The number of carboxylic acids is 1. The zero-order chi connectivity index (χ0) is 34.2. The van der Waals surface area contributed by atoms with E-state index in [1.54, 1.807) is 59.3 Å². The van der Waals surface area contributed by atoms with Crippen molar-refractivity contribution in [3.8, 4) is 0 Å². The van der Waals surface area contributed by atoms with E-state index in [0.717, 1.165) is 30.4 Å². The fraction of sp³-hybridized carbons (Fsp3) is 0.694. The topological polar surface area (TPSA) is 141 Å². The van der Waals surface area contributed by atoms with E-state index in [0.29, 0.717) is 18.9 Å². The number of allylic oxidation sites excluding steroid dienone is 1. The minimum absolute atomic E-state index is 0.0318. The number of carbonyl (C=O) groups is 3. The van der Waals surface area contributed by atoms with E-state index in [4.69, 9.17) is 24.1 Å². The number of fused-ring (bicyclic) bond motifs is 5. The minimum Gasteiger partial charge on any atom is -0.481 e. The number of aliphatic hydroxyl groups is 1. The normalized spacial score (nSPS) is 33.9. The van der Waals surface area contributed by atoms with Crippen molar-refractivity contribution < 1.29 is 43.5 Å². The van der Waals surface area contributed by atoms with Gasteiger partial charge in [0.15, 0.2) is 5.78 Å². The fourth-order valence-electron chi connectivity index (χ4n) is 8.25. The Bertz CT molecular complexity index is 1320. The smallest absolute Gasteiger partial charge is 0.408 e. The lowest BCUT2D eigenvalue weighted by molar-refractivity contribution is -0.245. The van der Waals surface area contributed by atoms with Crippen molar-refractivity contribution in [3.63, 3.8) is 0 Å².